The van der Waals surface area contributed by atoms with Crippen LogP contribution in [-0.4, -0.2) is 87.5 Å². The lowest BCUT2D eigenvalue weighted by Crippen LogP contribution is -2.60. The van der Waals surface area contributed by atoms with Gasteiger partial charge in [0, 0.05) is 6.42 Å². The number of ether oxygens (including phenoxy) is 2. The Hall–Kier alpha value is -1.85. The van der Waals surface area contributed by atoms with E-state index in [1.807, 2.05) is 6.08 Å². The second-order valence-corrected chi connectivity index (χ2v) is 21.8. The van der Waals surface area contributed by atoms with Gasteiger partial charge >= 0.3 is 0 Å². The summed E-state index contributed by atoms with van der Waals surface area (Å²) in [5, 5.41) is 54.6. The molecule has 0 aliphatic carbocycles. The predicted molar refractivity (Wildman–Crippen MR) is 309 cm³/mol. The zero-order valence-electron chi connectivity index (χ0n) is 47.6. The lowest BCUT2D eigenvalue weighted by molar-refractivity contribution is -0.302. The molecule has 0 aromatic rings. The maximum absolute atomic E-state index is 13.1. The van der Waals surface area contributed by atoms with Gasteiger partial charge in [-0.05, 0) is 70.6 Å². The SMILES string of the molecule is CCCCCCCCCCCCCC/C=C\CCCCCCCCCCCC(=O)NC(COC1OC(CO)C(O)C(O)C1O)C(O)/C=C/CC/C=C/CC/C=C/CCCCCCCCCCCCCCCCC. The van der Waals surface area contributed by atoms with Crippen molar-refractivity contribution in [2.24, 2.45) is 0 Å². The minimum absolute atomic E-state index is 0.190. The third-order valence-electron chi connectivity index (χ3n) is 14.9. The molecule has 7 atom stereocenters. The number of carbonyl (C=O) groups is 1. The second kappa shape index (κ2) is 53.5. The van der Waals surface area contributed by atoms with Gasteiger partial charge in [-0.3, -0.25) is 4.79 Å². The van der Waals surface area contributed by atoms with Gasteiger partial charge in [-0.15, -0.1) is 0 Å². The van der Waals surface area contributed by atoms with E-state index in [1.54, 1.807) is 6.08 Å². The molecule has 0 aromatic carbocycles. The average molecular weight is 1030 g/mol. The zero-order valence-corrected chi connectivity index (χ0v) is 47.6. The first-order valence-electron chi connectivity index (χ1n) is 31.4. The molecule has 0 radical (unpaired) electrons. The van der Waals surface area contributed by atoms with E-state index in [1.165, 1.54) is 231 Å². The number of amides is 1. The highest BCUT2D eigenvalue weighted by Crippen LogP contribution is 2.23. The molecule has 1 heterocycles. The molecule has 1 rings (SSSR count). The number of hydrogen-bond acceptors (Lipinski definition) is 8. The Morgan fingerprint density at radius 3 is 1.15 bits per heavy atom. The summed E-state index contributed by atoms with van der Waals surface area (Å²) in [6.45, 7) is 3.79. The number of hydrogen-bond donors (Lipinski definition) is 6. The number of aliphatic hydroxyl groups is 5. The Morgan fingerprint density at radius 2 is 0.781 bits per heavy atom. The van der Waals surface area contributed by atoms with Crippen molar-refractivity contribution in [3.05, 3.63) is 48.6 Å². The molecule has 428 valence electrons. The van der Waals surface area contributed by atoms with E-state index >= 15 is 0 Å². The Balaban J connectivity index is 2.23. The molecule has 0 spiro atoms. The molecule has 1 aliphatic rings. The number of aliphatic hydroxyl groups excluding tert-OH is 5. The monoisotopic (exact) mass is 1030 g/mol. The number of nitrogens with one attached hydrogen (secondary N) is 1. The van der Waals surface area contributed by atoms with E-state index in [4.69, 9.17) is 9.47 Å². The van der Waals surface area contributed by atoms with E-state index in [2.05, 4.69) is 55.6 Å². The summed E-state index contributed by atoms with van der Waals surface area (Å²) in [7, 11) is 0. The summed E-state index contributed by atoms with van der Waals surface area (Å²) in [4.78, 5) is 13.1. The van der Waals surface area contributed by atoms with Crippen LogP contribution in [0.2, 0.25) is 0 Å². The van der Waals surface area contributed by atoms with E-state index < -0.39 is 49.5 Å². The van der Waals surface area contributed by atoms with E-state index in [9.17, 15) is 30.3 Å². The molecule has 1 fully saturated rings. The van der Waals surface area contributed by atoms with E-state index in [0.717, 1.165) is 44.9 Å². The molecular weight excluding hydrogens is 911 g/mol. The van der Waals surface area contributed by atoms with E-state index in [-0.39, 0.29) is 12.5 Å². The van der Waals surface area contributed by atoms with Crippen LogP contribution >= 0.6 is 0 Å². The fourth-order valence-corrected chi connectivity index (χ4v) is 9.89. The van der Waals surface area contributed by atoms with Crippen LogP contribution in [0.25, 0.3) is 0 Å². The normalized spacial score (nSPS) is 19.4. The van der Waals surface area contributed by atoms with Crippen molar-refractivity contribution in [3.63, 3.8) is 0 Å². The van der Waals surface area contributed by atoms with Gasteiger partial charge in [0.1, 0.15) is 24.4 Å². The van der Waals surface area contributed by atoms with Gasteiger partial charge in [-0.25, -0.2) is 0 Å². The number of allylic oxidation sites excluding steroid dienone is 7. The van der Waals surface area contributed by atoms with Gasteiger partial charge < -0.3 is 40.3 Å². The van der Waals surface area contributed by atoms with Crippen LogP contribution in [0.15, 0.2) is 48.6 Å². The van der Waals surface area contributed by atoms with Gasteiger partial charge in [0.25, 0.3) is 0 Å². The van der Waals surface area contributed by atoms with Crippen LogP contribution in [0.5, 0.6) is 0 Å². The predicted octanol–water partition coefficient (Wildman–Crippen LogP) is 16.1. The first-order valence-corrected chi connectivity index (χ1v) is 31.4. The highest BCUT2D eigenvalue weighted by molar-refractivity contribution is 5.76. The van der Waals surface area contributed by atoms with Crippen LogP contribution in [0.1, 0.15) is 296 Å². The fraction of sp³-hybridized carbons (Fsp3) is 0.859. The molecule has 1 aliphatic heterocycles. The average Bonchev–Trinajstić information content (AvgIpc) is 3.39. The summed E-state index contributed by atoms with van der Waals surface area (Å²) in [6, 6.07) is -0.831. The topological polar surface area (TPSA) is 149 Å². The molecule has 1 saturated heterocycles. The van der Waals surface area contributed by atoms with Crippen LogP contribution in [0, 0.1) is 0 Å². The van der Waals surface area contributed by atoms with Crippen molar-refractivity contribution >= 4 is 5.91 Å². The molecule has 0 bridgehead atoms. The summed E-state index contributed by atoms with van der Waals surface area (Å²) in [5.74, 6) is -0.190. The van der Waals surface area contributed by atoms with Gasteiger partial charge in [0.05, 0.1) is 25.4 Å². The minimum atomic E-state index is -1.58. The third kappa shape index (κ3) is 42.9. The number of unbranched alkanes of at least 4 members (excludes halogenated alkanes) is 38. The molecule has 9 nitrogen and oxygen atoms in total. The van der Waals surface area contributed by atoms with Gasteiger partial charge in [-0.1, -0.05) is 268 Å². The van der Waals surface area contributed by atoms with Crippen molar-refractivity contribution < 1.29 is 39.8 Å². The van der Waals surface area contributed by atoms with Gasteiger partial charge in [0.15, 0.2) is 6.29 Å². The summed E-state index contributed by atoms with van der Waals surface area (Å²) >= 11 is 0. The standard InChI is InChI=1S/C64H119NO8/c1-3-5-7-9-11-13-15-17-19-21-23-25-27-29-31-33-35-37-39-41-43-45-47-49-51-53-58(67)57(56-72-64-63(71)62(70)61(69)59(55-66)73-64)65-60(68)54-52-50-48-46-44-42-40-38-36-34-32-30-28-26-24-22-20-18-16-14-12-10-8-6-4-2/h30,32,35,37,43,45,51,53,57-59,61-64,66-67,69-71H,3-29,31,33-34,36,38-42,44,46-50,52,54-56H2,1-2H3,(H,65,68)/b32-30-,37-35+,45-43+,53-51+. The van der Waals surface area contributed by atoms with Gasteiger partial charge in [0.2, 0.25) is 5.91 Å². The quantitative estimate of drug-likeness (QED) is 0.0261. The molecule has 1 amide bonds. The Morgan fingerprint density at radius 1 is 0.452 bits per heavy atom. The maximum Gasteiger partial charge on any atom is 0.220 e. The first-order chi connectivity index (χ1) is 35.8. The Kier molecular flexibility index (Phi) is 50.7. The Bertz CT molecular complexity index is 1290. The van der Waals surface area contributed by atoms with Crippen LogP contribution in [0.3, 0.4) is 0 Å². The largest absolute Gasteiger partial charge is 0.394 e. The molecule has 9 heteroatoms. The van der Waals surface area contributed by atoms with E-state index in [0.29, 0.717) is 6.42 Å². The molecule has 73 heavy (non-hydrogen) atoms. The Labute approximate surface area is 450 Å². The molecule has 7 unspecified atom stereocenters. The second-order valence-electron chi connectivity index (χ2n) is 21.8. The highest BCUT2D eigenvalue weighted by atomic mass is 16.7. The van der Waals surface area contributed by atoms with Crippen molar-refractivity contribution in [1.29, 1.82) is 0 Å². The van der Waals surface area contributed by atoms with Crippen LogP contribution in [-0.2, 0) is 14.3 Å². The number of carbonyl (C=O) groups excluding carboxylic acids is 1. The zero-order chi connectivity index (χ0) is 52.9. The summed E-state index contributed by atoms with van der Waals surface area (Å²) in [5.41, 5.74) is 0. The highest BCUT2D eigenvalue weighted by Gasteiger charge is 2.44. The first kappa shape index (κ1) is 69.2. The third-order valence-corrected chi connectivity index (χ3v) is 14.9. The summed E-state index contributed by atoms with van der Waals surface area (Å²) in [6.07, 6.45) is 64.8. The maximum atomic E-state index is 13.1. The van der Waals surface area contributed by atoms with Crippen molar-refractivity contribution in [1.82, 2.24) is 5.32 Å². The minimum Gasteiger partial charge on any atom is -0.394 e. The molecular formula is C64H119NO8. The van der Waals surface area contributed by atoms with Crippen LogP contribution < -0.4 is 5.32 Å². The van der Waals surface area contributed by atoms with Gasteiger partial charge in [-0.2, -0.15) is 0 Å². The number of rotatable bonds is 54. The van der Waals surface area contributed by atoms with Crippen molar-refractivity contribution in [2.45, 2.75) is 339 Å². The molecule has 6 N–H and O–H groups in total. The van der Waals surface area contributed by atoms with Crippen LogP contribution in [0.4, 0.5) is 0 Å². The summed E-state index contributed by atoms with van der Waals surface area (Å²) < 4.78 is 11.3. The lowest BCUT2D eigenvalue weighted by Gasteiger charge is -2.40. The molecule has 0 saturated carbocycles. The van der Waals surface area contributed by atoms with Crippen molar-refractivity contribution in [2.75, 3.05) is 13.2 Å². The smallest absolute Gasteiger partial charge is 0.220 e. The molecule has 0 aromatic heterocycles. The van der Waals surface area contributed by atoms with Crippen molar-refractivity contribution in [3.8, 4) is 0 Å². The lowest BCUT2D eigenvalue weighted by atomic mass is 9.99. The fourth-order valence-electron chi connectivity index (χ4n) is 9.89.